The Hall–Kier alpha value is -4.83. The van der Waals surface area contributed by atoms with Gasteiger partial charge < -0.3 is 5.32 Å². The average molecular weight is 395 g/mol. The van der Waals surface area contributed by atoms with Gasteiger partial charge in [-0.05, 0) is 0 Å². The molecule has 0 unspecified atom stereocenters. The van der Waals surface area contributed by atoms with E-state index in [2.05, 4.69) is 4.98 Å². The maximum absolute atomic E-state index is 11.2. The van der Waals surface area contributed by atoms with Crippen LogP contribution in [0.25, 0.3) is 0 Å². The molecular formula is C11H5N7O10. The van der Waals surface area contributed by atoms with E-state index in [0.717, 1.165) is 0 Å². The molecule has 0 saturated heterocycles. The van der Waals surface area contributed by atoms with Gasteiger partial charge in [-0.2, -0.15) is 0 Å². The van der Waals surface area contributed by atoms with Crippen molar-refractivity contribution in [3.8, 4) is 0 Å². The Morgan fingerprint density at radius 3 is 1.46 bits per heavy atom. The molecule has 1 N–H and O–H groups in total. The summed E-state index contributed by atoms with van der Waals surface area (Å²) in [4.78, 5) is 52.9. The second-order valence-electron chi connectivity index (χ2n) is 4.83. The monoisotopic (exact) mass is 395 g/mol. The number of hydrogen-bond acceptors (Lipinski definition) is 12. The van der Waals surface area contributed by atoms with Crippen LogP contribution < -0.4 is 5.32 Å². The minimum atomic E-state index is -1.18. The molecule has 1 aromatic carbocycles. The SMILES string of the molecule is O=[N+]([O-])c1cnc(Nc2c([N+](=O)[O-])cc([N+](=O)[O-])cc2[N+](=O)[O-])c([N+](=O)[O-])c1. The van der Waals surface area contributed by atoms with Gasteiger partial charge in [0, 0.05) is 0 Å². The molecule has 0 bridgehead atoms. The van der Waals surface area contributed by atoms with Crippen molar-refractivity contribution < 1.29 is 24.6 Å². The Bertz CT molecular complexity index is 1020. The molecular weight excluding hydrogens is 390 g/mol. The van der Waals surface area contributed by atoms with Crippen molar-refractivity contribution in [1.29, 1.82) is 0 Å². The van der Waals surface area contributed by atoms with Crippen LogP contribution in [0.15, 0.2) is 24.4 Å². The topological polar surface area (TPSA) is 241 Å². The number of hydrogen-bond donors (Lipinski definition) is 1. The number of nitrogens with zero attached hydrogens (tertiary/aromatic N) is 6. The summed E-state index contributed by atoms with van der Waals surface area (Å²) in [6.07, 6.45) is 0.582. The van der Waals surface area contributed by atoms with Crippen LogP contribution in [0.3, 0.4) is 0 Å². The van der Waals surface area contributed by atoms with E-state index in [1.165, 1.54) is 0 Å². The Morgan fingerprint density at radius 2 is 1.07 bits per heavy atom. The van der Waals surface area contributed by atoms with Crippen molar-refractivity contribution in [2.24, 2.45) is 0 Å². The van der Waals surface area contributed by atoms with Crippen molar-refractivity contribution in [1.82, 2.24) is 4.98 Å². The van der Waals surface area contributed by atoms with Crippen molar-refractivity contribution in [2.75, 3.05) is 5.32 Å². The lowest BCUT2D eigenvalue weighted by molar-refractivity contribution is -0.401. The number of nitro groups is 5. The van der Waals surface area contributed by atoms with E-state index < -0.39 is 64.6 Å². The second-order valence-corrected chi connectivity index (χ2v) is 4.83. The molecule has 0 aliphatic heterocycles. The number of aromatic nitrogens is 1. The van der Waals surface area contributed by atoms with Crippen molar-refractivity contribution in [3.05, 3.63) is 75.0 Å². The summed E-state index contributed by atoms with van der Waals surface area (Å²) in [7, 11) is 0. The van der Waals surface area contributed by atoms with Crippen LogP contribution >= 0.6 is 0 Å². The zero-order chi connectivity index (χ0) is 21.2. The summed E-state index contributed by atoms with van der Waals surface area (Å²) in [6, 6.07) is 1.30. The maximum Gasteiger partial charge on any atom is 0.318 e. The zero-order valence-corrected chi connectivity index (χ0v) is 13.1. The highest BCUT2D eigenvalue weighted by Crippen LogP contribution is 2.41. The quantitative estimate of drug-likeness (QED) is 0.524. The smallest absolute Gasteiger partial charge is 0.318 e. The van der Waals surface area contributed by atoms with Crippen LogP contribution in [0.1, 0.15) is 0 Å². The summed E-state index contributed by atoms with van der Waals surface area (Å²) < 4.78 is 0. The van der Waals surface area contributed by atoms with Crippen LogP contribution in [0.2, 0.25) is 0 Å². The highest BCUT2D eigenvalue weighted by Gasteiger charge is 2.33. The van der Waals surface area contributed by atoms with Gasteiger partial charge in [0.1, 0.15) is 6.20 Å². The van der Waals surface area contributed by atoms with Gasteiger partial charge in [0.25, 0.3) is 11.4 Å². The Kier molecular flexibility index (Phi) is 5.01. The summed E-state index contributed by atoms with van der Waals surface area (Å²) in [5.41, 5.74) is -5.92. The van der Waals surface area contributed by atoms with E-state index in [1.807, 2.05) is 5.32 Å². The lowest BCUT2D eigenvalue weighted by Gasteiger charge is -2.07. The van der Waals surface area contributed by atoms with Gasteiger partial charge >= 0.3 is 17.1 Å². The first-order chi connectivity index (χ1) is 13.0. The van der Waals surface area contributed by atoms with E-state index in [-0.39, 0.29) is 0 Å². The first kappa shape index (κ1) is 19.5. The summed E-state index contributed by atoms with van der Waals surface area (Å²) in [6.45, 7) is 0. The minimum Gasteiger partial charge on any atom is -0.323 e. The standard InChI is InChI=1S/C11H5N7O10/c19-14(20)5-1-7(16(23)24)10(8(2-5)17(25)26)13-11-9(18(27)28)3-6(4-12-11)15(21)22/h1-4H,(H,12,13). The highest BCUT2D eigenvalue weighted by molar-refractivity contribution is 5.82. The van der Waals surface area contributed by atoms with Gasteiger partial charge in [-0.3, -0.25) is 50.6 Å². The van der Waals surface area contributed by atoms with Gasteiger partial charge in [0.2, 0.25) is 5.82 Å². The van der Waals surface area contributed by atoms with Crippen LogP contribution in [0, 0.1) is 50.6 Å². The third-order valence-electron chi connectivity index (χ3n) is 3.19. The largest absolute Gasteiger partial charge is 0.323 e. The van der Waals surface area contributed by atoms with Crippen molar-refractivity contribution >= 4 is 39.9 Å². The molecule has 0 amide bonds. The molecule has 0 saturated carbocycles. The molecule has 0 atom stereocenters. The van der Waals surface area contributed by atoms with Crippen LogP contribution in [-0.4, -0.2) is 29.6 Å². The maximum atomic E-state index is 11.2. The third-order valence-corrected chi connectivity index (χ3v) is 3.19. The first-order valence-electron chi connectivity index (χ1n) is 6.70. The molecule has 0 fully saturated rings. The molecule has 0 aliphatic rings. The molecule has 0 aliphatic carbocycles. The first-order valence-corrected chi connectivity index (χ1v) is 6.70. The zero-order valence-electron chi connectivity index (χ0n) is 13.1. The predicted molar refractivity (Wildman–Crippen MR) is 87.2 cm³/mol. The van der Waals surface area contributed by atoms with E-state index in [1.54, 1.807) is 0 Å². The van der Waals surface area contributed by atoms with E-state index >= 15 is 0 Å². The van der Waals surface area contributed by atoms with Crippen LogP contribution in [0.4, 0.5) is 39.9 Å². The van der Waals surface area contributed by atoms with E-state index in [0.29, 0.717) is 24.4 Å². The second kappa shape index (κ2) is 7.19. The number of nitrogens with one attached hydrogen (secondary N) is 1. The fourth-order valence-electron chi connectivity index (χ4n) is 2.02. The molecule has 0 radical (unpaired) electrons. The number of benzene rings is 1. The minimum absolute atomic E-state index is 0.409. The van der Waals surface area contributed by atoms with Crippen molar-refractivity contribution in [3.63, 3.8) is 0 Å². The van der Waals surface area contributed by atoms with Gasteiger partial charge in [0.05, 0.1) is 42.8 Å². The fourth-order valence-corrected chi connectivity index (χ4v) is 2.02. The number of rotatable bonds is 7. The number of anilines is 2. The summed E-state index contributed by atoms with van der Waals surface area (Å²) in [5.74, 6) is -0.782. The van der Waals surface area contributed by atoms with Gasteiger partial charge in [-0.15, -0.1) is 0 Å². The fraction of sp³-hybridized carbons (Fsp3) is 0. The van der Waals surface area contributed by atoms with Gasteiger partial charge in [-0.1, -0.05) is 0 Å². The molecule has 1 heterocycles. The molecule has 28 heavy (non-hydrogen) atoms. The lowest BCUT2D eigenvalue weighted by Crippen LogP contribution is -2.06. The molecule has 1 aromatic heterocycles. The molecule has 0 spiro atoms. The highest BCUT2D eigenvalue weighted by atomic mass is 16.6. The summed E-state index contributed by atoms with van der Waals surface area (Å²) in [5, 5.41) is 57.1. The van der Waals surface area contributed by atoms with Crippen LogP contribution in [0.5, 0.6) is 0 Å². The van der Waals surface area contributed by atoms with Crippen LogP contribution in [-0.2, 0) is 0 Å². The molecule has 2 aromatic rings. The normalized spacial score (nSPS) is 10.1. The molecule has 17 heteroatoms. The number of pyridine rings is 1. The number of non-ortho nitro benzene ring substituents is 1. The Labute approximate surface area is 151 Å². The van der Waals surface area contributed by atoms with Gasteiger partial charge in [-0.25, -0.2) is 4.98 Å². The summed E-state index contributed by atoms with van der Waals surface area (Å²) >= 11 is 0. The number of nitro benzene ring substituents is 3. The van der Waals surface area contributed by atoms with Crippen molar-refractivity contribution in [2.45, 2.75) is 0 Å². The van der Waals surface area contributed by atoms with Gasteiger partial charge in [0.15, 0.2) is 5.69 Å². The third kappa shape index (κ3) is 3.71. The Balaban J connectivity index is 2.74. The van der Waals surface area contributed by atoms with E-state index in [4.69, 9.17) is 0 Å². The molecule has 17 nitrogen and oxygen atoms in total. The van der Waals surface area contributed by atoms with E-state index in [9.17, 15) is 50.6 Å². The molecule has 144 valence electrons. The lowest BCUT2D eigenvalue weighted by atomic mass is 10.2. The molecule has 2 rings (SSSR count). The Morgan fingerprint density at radius 1 is 0.643 bits per heavy atom. The predicted octanol–water partition coefficient (Wildman–Crippen LogP) is 2.37. The average Bonchev–Trinajstić information content (AvgIpc) is 2.60.